The molecule has 0 saturated carbocycles. The third kappa shape index (κ3) is 2.22. The zero-order valence-corrected chi connectivity index (χ0v) is 11.1. The molecular weight excluding hydrogens is 345 g/mol. The maximum atomic E-state index is 12.7. The van der Waals surface area contributed by atoms with Gasteiger partial charge in [0.05, 0.1) is 15.4 Å². The lowest BCUT2D eigenvalue weighted by molar-refractivity contribution is -0.141. The summed E-state index contributed by atoms with van der Waals surface area (Å²) >= 11 is 2.61. The van der Waals surface area contributed by atoms with Crippen LogP contribution >= 0.6 is 15.9 Å². The van der Waals surface area contributed by atoms with Crippen LogP contribution in [0.4, 0.5) is 19.0 Å². The van der Waals surface area contributed by atoms with E-state index in [4.69, 9.17) is 11.5 Å². The molecule has 0 aromatic carbocycles. The lowest BCUT2D eigenvalue weighted by Gasteiger charge is -2.12. The number of nitrogen functional groups attached to an aromatic ring is 1. The highest BCUT2D eigenvalue weighted by atomic mass is 79.9. The van der Waals surface area contributed by atoms with Crippen molar-refractivity contribution in [3.05, 3.63) is 21.8 Å². The minimum Gasteiger partial charge on any atom is -0.506 e. The number of amides is 1. The first-order valence-corrected chi connectivity index (χ1v) is 5.78. The number of pyridine rings is 2. The van der Waals surface area contributed by atoms with E-state index in [0.29, 0.717) is 0 Å². The summed E-state index contributed by atoms with van der Waals surface area (Å²) in [4.78, 5) is 17.9. The molecule has 10 heteroatoms. The number of primary amides is 1. The van der Waals surface area contributed by atoms with Crippen molar-refractivity contribution in [1.29, 1.82) is 0 Å². The second-order valence-electron chi connectivity index (χ2n) is 3.78. The number of nitrogens with zero attached hydrogens (tertiary/aromatic N) is 2. The fourth-order valence-electron chi connectivity index (χ4n) is 1.55. The molecule has 0 unspecified atom stereocenters. The summed E-state index contributed by atoms with van der Waals surface area (Å²) in [6.45, 7) is 0. The zero-order valence-electron chi connectivity index (χ0n) is 9.49. The lowest BCUT2D eigenvalue weighted by atomic mass is 10.1. The fraction of sp³-hybridized carbons (Fsp3) is 0.100. The molecule has 20 heavy (non-hydrogen) atoms. The number of hydrogen-bond donors (Lipinski definition) is 3. The van der Waals surface area contributed by atoms with Crippen LogP contribution in [-0.4, -0.2) is 21.0 Å². The highest BCUT2D eigenvalue weighted by Crippen LogP contribution is 2.41. The van der Waals surface area contributed by atoms with E-state index in [0.717, 1.165) is 6.07 Å². The first-order valence-electron chi connectivity index (χ1n) is 4.98. The monoisotopic (exact) mass is 350 g/mol. The molecule has 0 atom stereocenters. The van der Waals surface area contributed by atoms with Crippen LogP contribution in [0.3, 0.4) is 0 Å². The molecule has 2 rings (SSSR count). The Balaban J connectivity index is 2.88. The van der Waals surface area contributed by atoms with E-state index in [1.165, 1.54) is 0 Å². The van der Waals surface area contributed by atoms with E-state index in [2.05, 4.69) is 25.9 Å². The van der Waals surface area contributed by atoms with Crippen LogP contribution < -0.4 is 11.5 Å². The van der Waals surface area contributed by atoms with Crippen molar-refractivity contribution in [3.63, 3.8) is 0 Å². The number of anilines is 1. The number of alkyl halides is 3. The van der Waals surface area contributed by atoms with Gasteiger partial charge in [-0.05, 0) is 22.0 Å². The normalized spacial score (nSPS) is 11.8. The number of aromatic nitrogens is 2. The Hall–Kier alpha value is -2.10. The smallest absolute Gasteiger partial charge is 0.434 e. The molecule has 0 bridgehead atoms. The summed E-state index contributed by atoms with van der Waals surface area (Å²) in [5.74, 6) is -2.04. The minimum absolute atomic E-state index is 0.173. The maximum Gasteiger partial charge on any atom is 0.434 e. The first-order chi connectivity index (χ1) is 9.12. The Bertz CT molecular complexity index is 733. The van der Waals surface area contributed by atoms with Gasteiger partial charge in [0.2, 0.25) is 0 Å². The molecule has 5 N–H and O–H groups in total. The Morgan fingerprint density at radius 3 is 2.45 bits per heavy atom. The number of aromatic hydroxyl groups is 1. The van der Waals surface area contributed by atoms with Crippen molar-refractivity contribution < 1.29 is 23.1 Å². The molecule has 2 aromatic heterocycles. The standard InChI is InChI=1S/C10H6BrF3N4O2/c11-4-5(19)2-1-3(8(16)20)7(15)18-9(2)17-6(4)10(12,13)14/h1H,(H2,16,20)(H3,15,17,18,19). The van der Waals surface area contributed by atoms with Gasteiger partial charge < -0.3 is 16.6 Å². The van der Waals surface area contributed by atoms with Crippen LogP contribution in [0.1, 0.15) is 16.1 Å². The number of carbonyl (C=O) groups is 1. The SMILES string of the molecule is NC(=O)c1cc2c(O)c(Br)c(C(F)(F)F)nc2nc1N. The van der Waals surface area contributed by atoms with Crippen LogP contribution in [0.25, 0.3) is 11.0 Å². The van der Waals surface area contributed by atoms with Crippen molar-refractivity contribution >= 4 is 38.7 Å². The lowest BCUT2D eigenvalue weighted by Crippen LogP contribution is -2.15. The molecule has 0 saturated heterocycles. The van der Waals surface area contributed by atoms with Gasteiger partial charge in [0, 0.05) is 0 Å². The van der Waals surface area contributed by atoms with Crippen LogP contribution in [0.2, 0.25) is 0 Å². The molecular formula is C10H6BrF3N4O2. The summed E-state index contributed by atoms with van der Waals surface area (Å²) in [6, 6.07) is 1.03. The van der Waals surface area contributed by atoms with E-state index in [-0.39, 0.29) is 16.8 Å². The van der Waals surface area contributed by atoms with Gasteiger partial charge in [-0.1, -0.05) is 0 Å². The minimum atomic E-state index is -4.79. The van der Waals surface area contributed by atoms with E-state index in [1.807, 2.05) is 0 Å². The van der Waals surface area contributed by atoms with E-state index < -0.39 is 33.6 Å². The largest absolute Gasteiger partial charge is 0.506 e. The molecule has 0 fully saturated rings. The highest BCUT2D eigenvalue weighted by Gasteiger charge is 2.37. The molecule has 0 aliphatic heterocycles. The summed E-state index contributed by atoms with van der Waals surface area (Å²) in [7, 11) is 0. The summed E-state index contributed by atoms with van der Waals surface area (Å²) < 4.78 is 37.5. The van der Waals surface area contributed by atoms with Crippen LogP contribution in [0.5, 0.6) is 5.75 Å². The quantitative estimate of drug-likeness (QED) is 0.725. The molecule has 2 heterocycles. The molecule has 6 nitrogen and oxygen atoms in total. The van der Waals surface area contributed by atoms with Gasteiger partial charge in [0.15, 0.2) is 11.3 Å². The van der Waals surface area contributed by atoms with Crippen molar-refractivity contribution in [1.82, 2.24) is 9.97 Å². The number of carbonyl (C=O) groups excluding carboxylic acids is 1. The average molecular weight is 351 g/mol. The molecule has 1 amide bonds. The third-order valence-corrected chi connectivity index (χ3v) is 3.21. The van der Waals surface area contributed by atoms with Crippen LogP contribution in [0, 0.1) is 0 Å². The maximum absolute atomic E-state index is 12.7. The van der Waals surface area contributed by atoms with Crippen molar-refractivity contribution in [2.24, 2.45) is 5.73 Å². The van der Waals surface area contributed by atoms with Gasteiger partial charge >= 0.3 is 6.18 Å². The van der Waals surface area contributed by atoms with Gasteiger partial charge in [0.1, 0.15) is 11.6 Å². The summed E-state index contributed by atoms with van der Waals surface area (Å²) in [5.41, 5.74) is 8.44. The Morgan fingerprint density at radius 2 is 1.95 bits per heavy atom. The highest BCUT2D eigenvalue weighted by molar-refractivity contribution is 9.10. The van der Waals surface area contributed by atoms with E-state index in [9.17, 15) is 23.1 Å². The van der Waals surface area contributed by atoms with E-state index in [1.54, 1.807) is 0 Å². The number of halogens is 4. The first kappa shape index (κ1) is 14.3. The Kier molecular flexibility index (Phi) is 3.20. The molecule has 0 spiro atoms. The average Bonchev–Trinajstić information content (AvgIpc) is 2.31. The molecule has 2 aromatic rings. The van der Waals surface area contributed by atoms with Gasteiger partial charge in [-0.25, -0.2) is 9.97 Å². The van der Waals surface area contributed by atoms with E-state index >= 15 is 0 Å². The molecule has 106 valence electrons. The number of hydrogen-bond acceptors (Lipinski definition) is 5. The zero-order chi connectivity index (χ0) is 15.2. The molecule has 0 aliphatic rings. The topological polar surface area (TPSA) is 115 Å². The number of fused-ring (bicyclic) bond motifs is 1. The molecule has 0 radical (unpaired) electrons. The fourth-order valence-corrected chi connectivity index (χ4v) is 2.07. The molecule has 0 aliphatic carbocycles. The van der Waals surface area contributed by atoms with Crippen molar-refractivity contribution in [2.75, 3.05) is 5.73 Å². The summed E-state index contributed by atoms with van der Waals surface area (Å²) in [6.07, 6.45) is -4.79. The van der Waals surface area contributed by atoms with Crippen LogP contribution in [0.15, 0.2) is 10.5 Å². The van der Waals surface area contributed by atoms with Gasteiger partial charge in [-0.15, -0.1) is 0 Å². The van der Waals surface area contributed by atoms with Gasteiger partial charge in [-0.2, -0.15) is 13.2 Å². The second kappa shape index (κ2) is 4.47. The number of nitrogens with two attached hydrogens (primary N) is 2. The predicted octanol–water partition coefficient (Wildman–Crippen LogP) is 1.80. The van der Waals surface area contributed by atoms with Crippen LogP contribution in [-0.2, 0) is 6.18 Å². The second-order valence-corrected chi connectivity index (χ2v) is 4.57. The Morgan fingerprint density at radius 1 is 1.35 bits per heavy atom. The number of rotatable bonds is 1. The predicted molar refractivity (Wildman–Crippen MR) is 66.8 cm³/mol. The Labute approximate surface area is 117 Å². The van der Waals surface area contributed by atoms with Crippen molar-refractivity contribution in [2.45, 2.75) is 6.18 Å². The third-order valence-electron chi connectivity index (χ3n) is 2.45. The van der Waals surface area contributed by atoms with Gasteiger partial charge in [-0.3, -0.25) is 4.79 Å². The summed E-state index contributed by atoms with van der Waals surface area (Å²) in [5, 5.41) is 9.61. The van der Waals surface area contributed by atoms with Crippen molar-refractivity contribution in [3.8, 4) is 5.75 Å². The van der Waals surface area contributed by atoms with Gasteiger partial charge in [0.25, 0.3) is 5.91 Å².